The van der Waals surface area contributed by atoms with E-state index in [0.717, 1.165) is 10.6 Å². The number of nitrogens with one attached hydrogen (secondary N) is 1. The molecule has 0 aliphatic rings. The van der Waals surface area contributed by atoms with Crippen molar-refractivity contribution < 1.29 is 9.53 Å². The van der Waals surface area contributed by atoms with E-state index in [0.29, 0.717) is 11.7 Å². The quantitative estimate of drug-likeness (QED) is 0.911. The molecule has 0 saturated heterocycles. The minimum atomic E-state index is -0.538. The van der Waals surface area contributed by atoms with Gasteiger partial charge < -0.3 is 4.74 Å². The molecule has 0 aliphatic carbocycles. The van der Waals surface area contributed by atoms with Crippen LogP contribution >= 0.6 is 11.3 Å². The predicted octanol–water partition coefficient (Wildman–Crippen LogP) is 2.39. The number of aromatic nitrogens is 2. The highest BCUT2D eigenvalue weighted by Gasteiger charge is 2.15. The average molecular weight is 277 g/mol. The first-order valence-electron chi connectivity index (χ1n) is 5.91. The van der Waals surface area contributed by atoms with Gasteiger partial charge in [0.1, 0.15) is 11.1 Å². The summed E-state index contributed by atoms with van der Waals surface area (Å²) in [5.41, 5.74) is 1.04. The molecule has 5 nitrogen and oxygen atoms in total. The Balaban J connectivity index is 1.82. The average Bonchev–Trinajstić information content (AvgIpc) is 2.82. The minimum Gasteiger partial charge on any atom is -0.364 e. The molecule has 2 rings (SSSR count). The highest BCUT2D eigenvalue weighted by molar-refractivity contribution is 7.15. The van der Waals surface area contributed by atoms with Crippen molar-refractivity contribution in [3.8, 4) is 0 Å². The standard InChI is InChI=1S/C13H15N3O2S/c1-9(18-8-11-6-4-3-5-7-11)12(17)14-13-16-15-10(2)19-13/h3-7,9H,8H2,1-2H3,(H,14,16,17)/t9-/m0/s1. The van der Waals surface area contributed by atoms with Crippen LogP contribution in [-0.2, 0) is 16.1 Å². The number of amides is 1. The maximum Gasteiger partial charge on any atom is 0.255 e. The molecule has 1 amide bonds. The second-order valence-corrected chi connectivity index (χ2v) is 5.24. The molecule has 0 spiro atoms. The zero-order valence-electron chi connectivity index (χ0n) is 10.8. The summed E-state index contributed by atoms with van der Waals surface area (Å²) in [6.07, 6.45) is -0.538. The minimum absolute atomic E-state index is 0.216. The Morgan fingerprint density at radius 2 is 2.11 bits per heavy atom. The Morgan fingerprint density at radius 1 is 1.37 bits per heavy atom. The molecular formula is C13H15N3O2S. The lowest BCUT2D eigenvalue weighted by Crippen LogP contribution is -2.27. The van der Waals surface area contributed by atoms with Crippen LogP contribution in [-0.4, -0.2) is 22.2 Å². The zero-order valence-corrected chi connectivity index (χ0v) is 11.6. The van der Waals surface area contributed by atoms with E-state index in [1.165, 1.54) is 11.3 Å². The predicted molar refractivity (Wildman–Crippen MR) is 74.0 cm³/mol. The normalized spacial score (nSPS) is 12.1. The first-order valence-corrected chi connectivity index (χ1v) is 6.73. The van der Waals surface area contributed by atoms with Gasteiger partial charge >= 0.3 is 0 Å². The third kappa shape index (κ3) is 4.11. The Kier molecular flexibility index (Phi) is 4.59. The molecule has 19 heavy (non-hydrogen) atoms. The molecule has 0 saturated carbocycles. The van der Waals surface area contributed by atoms with Gasteiger partial charge in [0.25, 0.3) is 5.91 Å². The summed E-state index contributed by atoms with van der Waals surface area (Å²) in [5, 5.41) is 11.7. The van der Waals surface area contributed by atoms with Crippen LogP contribution in [0.5, 0.6) is 0 Å². The van der Waals surface area contributed by atoms with Crippen molar-refractivity contribution in [2.45, 2.75) is 26.6 Å². The number of hydrogen-bond acceptors (Lipinski definition) is 5. The number of anilines is 1. The van der Waals surface area contributed by atoms with Crippen molar-refractivity contribution in [3.63, 3.8) is 0 Å². The summed E-state index contributed by atoms with van der Waals surface area (Å²) < 4.78 is 5.51. The number of ether oxygens (including phenoxy) is 1. The molecule has 2 aromatic rings. The molecule has 0 aliphatic heterocycles. The fourth-order valence-electron chi connectivity index (χ4n) is 1.43. The fraction of sp³-hybridized carbons (Fsp3) is 0.308. The molecule has 1 aromatic heterocycles. The summed E-state index contributed by atoms with van der Waals surface area (Å²) in [6.45, 7) is 3.96. The van der Waals surface area contributed by atoms with Gasteiger partial charge in [-0.15, -0.1) is 10.2 Å². The monoisotopic (exact) mass is 277 g/mol. The van der Waals surface area contributed by atoms with E-state index in [2.05, 4.69) is 15.5 Å². The van der Waals surface area contributed by atoms with E-state index in [-0.39, 0.29) is 5.91 Å². The Morgan fingerprint density at radius 3 is 2.74 bits per heavy atom. The maximum atomic E-state index is 11.8. The lowest BCUT2D eigenvalue weighted by molar-refractivity contribution is -0.127. The smallest absolute Gasteiger partial charge is 0.255 e. The van der Waals surface area contributed by atoms with Crippen LogP contribution < -0.4 is 5.32 Å². The zero-order chi connectivity index (χ0) is 13.7. The fourth-order valence-corrected chi connectivity index (χ4v) is 2.02. The van der Waals surface area contributed by atoms with E-state index in [1.54, 1.807) is 6.92 Å². The first-order chi connectivity index (χ1) is 9.15. The molecular weight excluding hydrogens is 262 g/mol. The topological polar surface area (TPSA) is 64.1 Å². The van der Waals surface area contributed by atoms with Crippen molar-refractivity contribution in [2.24, 2.45) is 0 Å². The number of nitrogens with zero attached hydrogens (tertiary/aromatic N) is 2. The van der Waals surface area contributed by atoms with E-state index in [9.17, 15) is 4.79 Å². The van der Waals surface area contributed by atoms with E-state index >= 15 is 0 Å². The number of benzene rings is 1. The van der Waals surface area contributed by atoms with E-state index in [4.69, 9.17) is 4.74 Å². The molecule has 100 valence electrons. The molecule has 0 unspecified atom stereocenters. The second-order valence-electron chi connectivity index (χ2n) is 4.05. The lowest BCUT2D eigenvalue weighted by Gasteiger charge is -2.11. The third-order valence-electron chi connectivity index (χ3n) is 2.47. The van der Waals surface area contributed by atoms with Crippen molar-refractivity contribution in [3.05, 3.63) is 40.9 Å². The van der Waals surface area contributed by atoms with Crippen molar-refractivity contribution in [1.82, 2.24) is 10.2 Å². The number of hydrogen-bond donors (Lipinski definition) is 1. The Labute approximate surface area is 115 Å². The molecule has 0 fully saturated rings. The summed E-state index contributed by atoms with van der Waals surface area (Å²) >= 11 is 1.34. The highest BCUT2D eigenvalue weighted by atomic mass is 32.1. The largest absolute Gasteiger partial charge is 0.364 e. The maximum absolute atomic E-state index is 11.8. The van der Waals surface area contributed by atoms with Gasteiger partial charge in [0.2, 0.25) is 5.13 Å². The lowest BCUT2D eigenvalue weighted by atomic mass is 10.2. The molecule has 1 N–H and O–H groups in total. The first kappa shape index (κ1) is 13.6. The van der Waals surface area contributed by atoms with Gasteiger partial charge in [-0.3, -0.25) is 10.1 Å². The molecule has 1 heterocycles. The van der Waals surface area contributed by atoms with Crippen molar-refractivity contribution >= 4 is 22.4 Å². The number of rotatable bonds is 5. The molecule has 1 atom stereocenters. The highest BCUT2D eigenvalue weighted by Crippen LogP contribution is 2.14. The second kappa shape index (κ2) is 6.40. The summed E-state index contributed by atoms with van der Waals surface area (Å²) in [5.74, 6) is -0.216. The van der Waals surface area contributed by atoms with E-state index in [1.807, 2.05) is 37.3 Å². The van der Waals surface area contributed by atoms with Crippen LogP contribution in [0.25, 0.3) is 0 Å². The van der Waals surface area contributed by atoms with Crippen LogP contribution in [0, 0.1) is 6.92 Å². The van der Waals surface area contributed by atoms with Crippen LogP contribution in [0.15, 0.2) is 30.3 Å². The number of aryl methyl sites for hydroxylation is 1. The Bertz CT molecular complexity index is 542. The number of carbonyl (C=O) groups is 1. The SMILES string of the molecule is Cc1nnc(NC(=O)[C@H](C)OCc2ccccc2)s1. The third-order valence-corrected chi connectivity index (χ3v) is 3.22. The van der Waals surface area contributed by atoms with Gasteiger partial charge in [0, 0.05) is 0 Å². The molecule has 0 radical (unpaired) electrons. The van der Waals surface area contributed by atoms with Crippen LogP contribution in [0.4, 0.5) is 5.13 Å². The molecule has 6 heteroatoms. The molecule has 0 bridgehead atoms. The van der Waals surface area contributed by atoms with Crippen molar-refractivity contribution in [2.75, 3.05) is 5.32 Å². The van der Waals surface area contributed by atoms with Gasteiger partial charge in [-0.05, 0) is 19.4 Å². The van der Waals surface area contributed by atoms with Gasteiger partial charge in [0.05, 0.1) is 6.61 Å². The summed E-state index contributed by atoms with van der Waals surface area (Å²) in [7, 11) is 0. The van der Waals surface area contributed by atoms with Crippen molar-refractivity contribution in [1.29, 1.82) is 0 Å². The number of carbonyl (C=O) groups excluding carboxylic acids is 1. The van der Waals surface area contributed by atoms with Gasteiger partial charge in [-0.2, -0.15) is 0 Å². The van der Waals surface area contributed by atoms with E-state index < -0.39 is 6.10 Å². The van der Waals surface area contributed by atoms with Gasteiger partial charge in [-0.25, -0.2) is 0 Å². The Hall–Kier alpha value is -1.79. The molecule has 1 aromatic carbocycles. The van der Waals surface area contributed by atoms with Gasteiger partial charge in [0.15, 0.2) is 0 Å². The van der Waals surface area contributed by atoms with Crippen LogP contribution in [0.2, 0.25) is 0 Å². The van der Waals surface area contributed by atoms with Gasteiger partial charge in [-0.1, -0.05) is 41.7 Å². The van der Waals surface area contributed by atoms with Crippen LogP contribution in [0.1, 0.15) is 17.5 Å². The summed E-state index contributed by atoms with van der Waals surface area (Å²) in [4.78, 5) is 11.8. The summed E-state index contributed by atoms with van der Waals surface area (Å²) in [6, 6.07) is 9.73. The van der Waals surface area contributed by atoms with Crippen LogP contribution in [0.3, 0.4) is 0 Å².